The Balaban J connectivity index is 2.61. The van der Waals surface area contributed by atoms with Gasteiger partial charge in [-0.3, -0.25) is 4.68 Å². The van der Waals surface area contributed by atoms with E-state index in [4.69, 9.17) is 0 Å². The quantitative estimate of drug-likeness (QED) is 0.858. The largest absolute Gasteiger partial charge is 0.372 e. The predicted octanol–water partition coefficient (Wildman–Crippen LogP) is 2.39. The number of halogens is 1. The van der Waals surface area contributed by atoms with Gasteiger partial charge in [0, 0.05) is 19.8 Å². The molecule has 0 aromatic carbocycles. The van der Waals surface area contributed by atoms with Crippen LogP contribution in [-0.2, 0) is 13.5 Å². The van der Waals surface area contributed by atoms with E-state index in [1.807, 2.05) is 31.9 Å². The molecule has 0 spiro atoms. The lowest BCUT2D eigenvalue weighted by Crippen LogP contribution is -2.05. The zero-order valence-electron chi connectivity index (χ0n) is 11.0. The lowest BCUT2D eigenvalue weighted by atomic mass is 10.2. The van der Waals surface area contributed by atoms with Gasteiger partial charge in [0.2, 0.25) is 0 Å². The maximum absolute atomic E-state index is 4.63. The Morgan fingerprint density at radius 3 is 2.61 bits per heavy atom. The Bertz CT molecular complexity index is 551. The summed E-state index contributed by atoms with van der Waals surface area (Å²) in [5, 5.41) is 7.36. The number of aromatic nitrogens is 4. The Hall–Kier alpha value is -1.18. The van der Waals surface area contributed by atoms with E-state index in [0.29, 0.717) is 0 Å². The van der Waals surface area contributed by atoms with Gasteiger partial charge in [-0.15, -0.1) is 0 Å². The monoisotopic (exact) mass is 357 g/mol. The van der Waals surface area contributed by atoms with E-state index in [9.17, 15) is 0 Å². The Morgan fingerprint density at radius 2 is 2.11 bits per heavy atom. The summed E-state index contributed by atoms with van der Waals surface area (Å²) in [6.45, 7) is 4.12. The third kappa shape index (κ3) is 2.21. The van der Waals surface area contributed by atoms with Crippen molar-refractivity contribution in [2.75, 3.05) is 12.4 Å². The van der Waals surface area contributed by atoms with E-state index in [2.05, 4.69) is 49.9 Å². The van der Waals surface area contributed by atoms with Gasteiger partial charge in [0.25, 0.3) is 0 Å². The summed E-state index contributed by atoms with van der Waals surface area (Å²) in [4.78, 5) is 9.19. The first-order valence-electron chi connectivity index (χ1n) is 5.81. The minimum atomic E-state index is 0.738. The molecule has 2 aromatic rings. The molecule has 0 aliphatic rings. The van der Waals surface area contributed by atoms with Crippen molar-refractivity contribution in [2.24, 2.45) is 7.05 Å². The number of nitrogens with one attached hydrogen (secondary N) is 1. The average molecular weight is 357 g/mol. The van der Waals surface area contributed by atoms with Gasteiger partial charge in [0.05, 0.1) is 21.0 Å². The van der Waals surface area contributed by atoms with Gasteiger partial charge in [-0.25, -0.2) is 9.97 Å². The van der Waals surface area contributed by atoms with E-state index in [0.717, 1.165) is 38.6 Å². The van der Waals surface area contributed by atoms with Gasteiger partial charge in [0.15, 0.2) is 5.82 Å². The molecule has 0 bridgehead atoms. The summed E-state index contributed by atoms with van der Waals surface area (Å²) < 4.78 is 2.92. The minimum absolute atomic E-state index is 0.738. The maximum atomic E-state index is 4.63. The topological polar surface area (TPSA) is 55.6 Å². The van der Waals surface area contributed by atoms with Crippen molar-refractivity contribution in [1.82, 2.24) is 19.7 Å². The first-order chi connectivity index (χ1) is 8.58. The van der Waals surface area contributed by atoms with E-state index < -0.39 is 0 Å². The van der Waals surface area contributed by atoms with Crippen molar-refractivity contribution in [3.8, 4) is 11.4 Å². The van der Waals surface area contributed by atoms with Crippen LogP contribution in [0.1, 0.15) is 18.3 Å². The summed E-state index contributed by atoms with van der Waals surface area (Å²) in [7, 11) is 3.80. The highest BCUT2D eigenvalue weighted by Crippen LogP contribution is 2.25. The maximum Gasteiger partial charge on any atom is 0.165 e. The van der Waals surface area contributed by atoms with E-state index >= 15 is 0 Å². The third-order valence-corrected chi connectivity index (χ3v) is 4.10. The standard InChI is InChI=1S/C12H16IN5/c1-5-9-10(13)12(14-3)17-11(16-9)8-6-15-18(4)7(8)2/h6H,5H2,1-4H3,(H,14,16,17). The van der Waals surface area contributed by atoms with Crippen LogP contribution >= 0.6 is 22.6 Å². The van der Waals surface area contributed by atoms with Crippen LogP contribution in [0.5, 0.6) is 0 Å². The molecule has 0 fully saturated rings. The molecule has 0 aliphatic heterocycles. The van der Waals surface area contributed by atoms with Gasteiger partial charge in [-0.1, -0.05) is 6.92 Å². The second kappa shape index (κ2) is 5.21. The van der Waals surface area contributed by atoms with Crippen molar-refractivity contribution >= 4 is 28.4 Å². The van der Waals surface area contributed by atoms with E-state index in [-0.39, 0.29) is 0 Å². The van der Waals surface area contributed by atoms with Crippen LogP contribution in [0.2, 0.25) is 0 Å². The fourth-order valence-corrected chi connectivity index (χ4v) is 2.62. The van der Waals surface area contributed by atoms with Crippen LogP contribution in [0, 0.1) is 10.5 Å². The second-order valence-electron chi connectivity index (χ2n) is 4.03. The molecule has 0 saturated carbocycles. The molecule has 0 radical (unpaired) electrons. The lowest BCUT2D eigenvalue weighted by molar-refractivity contribution is 0.740. The van der Waals surface area contributed by atoms with Crippen molar-refractivity contribution in [3.63, 3.8) is 0 Å². The molecule has 2 heterocycles. The first kappa shape index (κ1) is 13.3. The number of aryl methyl sites for hydroxylation is 2. The Kier molecular flexibility index (Phi) is 3.84. The summed E-state index contributed by atoms with van der Waals surface area (Å²) in [5.41, 5.74) is 3.12. The molecule has 5 nitrogen and oxygen atoms in total. The number of rotatable bonds is 3. The SMILES string of the molecule is CCc1nc(-c2cnn(C)c2C)nc(NC)c1I. The predicted molar refractivity (Wildman–Crippen MR) is 80.6 cm³/mol. The van der Waals surface area contributed by atoms with E-state index in [1.165, 1.54) is 0 Å². The highest BCUT2D eigenvalue weighted by atomic mass is 127. The lowest BCUT2D eigenvalue weighted by Gasteiger charge is -2.09. The van der Waals surface area contributed by atoms with Crippen molar-refractivity contribution in [3.05, 3.63) is 21.2 Å². The molecule has 0 saturated heterocycles. The highest BCUT2D eigenvalue weighted by molar-refractivity contribution is 14.1. The summed E-state index contributed by atoms with van der Waals surface area (Å²) >= 11 is 2.28. The summed E-state index contributed by atoms with van der Waals surface area (Å²) in [6, 6.07) is 0. The zero-order valence-corrected chi connectivity index (χ0v) is 13.1. The van der Waals surface area contributed by atoms with Gasteiger partial charge in [0.1, 0.15) is 5.82 Å². The second-order valence-corrected chi connectivity index (χ2v) is 5.11. The number of anilines is 1. The van der Waals surface area contributed by atoms with Gasteiger partial charge in [-0.2, -0.15) is 5.10 Å². The minimum Gasteiger partial charge on any atom is -0.372 e. The summed E-state index contributed by atoms with van der Waals surface area (Å²) in [5.74, 6) is 1.61. The molecule has 6 heteroatoms. The van der Waals surface area contributed by atoms with Crippen molar-refractivity contribution in [1.29, 1.82) is 0 Å². The highest BCUT2D eigenvalue weighted by Gasteiger charge is 2.14. The number of hydrogen-bond donors (Lipinski definition) is 1. The first-order valence-corrected chi connectivity index (χ1v) is 6.89. The van der Waals surface area contributed by atoms with Crippen molar-refractivity contribution in [2.45, 2.75) is 20.3 Å². The fraction of sp³-hybridized carbons (Fsp3) is 0.417. The van der Waals surface area contributed by atoms with Gasteiger partial charge >= 0.3 is 0 Å². The van der Waals surface area contributed by atoms with Crippen LogP contribution in [0.4, 0.5) is 5.82 Å². The summed E-state index contributed by atoms with van der Waals surface area (Å²) in [6.07, 6.45) is 2.71. The van der Waals surface area contributed by atoms with Crippen LogP contribution in [0.15, 0.2) is 6.20 Å². The number of nitrogens with zero attached hydrogens (tertiary/aromatic N) is 4. The molecular weight excluding hydrogens is 341 g/mol. The van der Waals surface area contributed by atoms with Crippen molar-refractivity contribution < 1.29 is 0 Å². The molecule has 1 N–H and O–H groups in total. The molecule has 18 heavy (non-hydrogen) atoms. The van der Waals surface area contributed by atoms with E-state index in [1.54, 1.807) is 0 Å². The molecular formula is C12H16IN5. The zero-order chi connectivity index (χ0) is 13.3. The molecule has 0 aliphatic carbocycles. The normalized spacial score (nSPS) is 10.7. The third-order valence-electron chi connectivity index (χ3n) is 2.97. The molecule has 96 valence electrons. The number of hydrogen-bond acceptors (Lipinski definition) is 4. The van der Waals surface area contributed by atoms with Crippen LogP contribution < -0.4 is 5.32 Å². The fourth-order valence-electron chi connectivity index (χ4n) is 1.73. The molecule has 2 aromatic heterocycles. The van der Waals surface area contributed by atoms with Crippen LogP contribution in [0.3, 0.4) is 0 Å². The average Bonchev–Trinajstić information content (AvgIpc) is 2.70. The van der Waals surface area contributed by atoms with Crippen LogP contribution in [-0.4, -0.2) is 26.8 Å². The van der Waals surface area contributed by atoms with Crippen LogP contribution in [0.25, 0.3) is 11.4 Å². The molecule has 0 atom stereocenters. The molecule has 0 amide bonds. The molecule has 0 unspecified atom stereocenters. The smallest absolute Gasteiger partial charge is 0.165 e. The van der Waals surface area contributed by atoms with Gasteiger partial charge < -0.3 is 5.32 Å². The Labute approximate surface area is 120 Å². The van der Waals surface area contributed by atoms with Gasteiger partial charge in [-0.05, 0) is 35.9 Å². The molecule has 2 rings (SSSR count). The Morgan fingerprint density at radius 1 is 1.39 bits per heavy atom.